The molecule has 0 fully saturated rings. The Morgan fingerprint density at radius 2 is 2.17 bits per heavy atom. The van der Waals surface area contributed by atoms with Gasteiger partial charge < -0.3 is 14.5 Å². The van der Waals surface area contributed by atoms with Crippen molar-refractivity contribution in [2.24, 2.45) is 0 Å². The third-order valence-electron chi connectivity index (χ3n) is 3.22. The van der Waals surface area contributed by atoms with Crippen LogP contribution < -0.4 is 10.1 Å². The first-order valence-corrected chi connectivity index (χ1v) is 6.34. The largest absolute Gasteiger partial charge is 0.493 e. The molecule has 4 heteroatoms. The number of ether oxygens (including phenoxy) is 1. The molecule has 1 aromatic carbocycles. The summed E-state index contributed by atoms with van der Waals surface area (Å²) in [5, 5.41) is 3.65. The molecule has 0 aliphatic carbocycles. The molecule has 0 saturated carbocycles. The summed E-state index contributed by atoms with van der Waals surface area (Å²) in [6, 6.07) is 9.82. The van der Waals surface area contributed by atoms with Crippen molar-refractivity contribution in [3.63, 3.8) is 0 Å². The summed E-state index contributed by atoms with van der Waals surface area (Å²) in [7, 11) is 1.90. The quantitative estimate of drug-likeness (QED) is 0.924. The van der Waals surface area contributed by atoms with Crippen molar-refractivity contribution in [2.75, 3.05) is 13.7 Å². The van der Waals surface area contributed by atoms with E-state index in [1.165, 1.54) is 5.56 Å². The van der Waals surface area contributed by atoms with Gasteiger partial charge in [0.1, 0.15) is 11.5 Å². The standard InChI is InChI=1S/C14H14ClNO2/c1-16-13(11-5-6-12(15)18-11)10-4-2-3-9-7-8-17-14(9)10/h2-6,13,16H,7-8H2,1H3. The number of para-hydroxylation sites is 1. The van der Waals surface area contributed by atoms with Gasteiger partial charge in [0, 0.05) is 12.0 Å². The SMILES string of the molecule is CNC(c1ccc(Cl)o1)c1cccc2c1OCC2. The third kappa shape index (κ3) is 1.89. The van der Waals surface area contributed by atoms with Crippen molar-refractivity contribution >= 4 is 11.6 Å². The third-order valence-corrected chi connectivity index (χ3v) is 3.43. The van der Waals surface area contributed by atoms with E-state index in [4.69, 9.17) is 20.8 Å². The zero-order valence-corrected chi connectivity index (χ0v) is 10.8. The molecule has 18 heavy (non-hydrogen) atoms. The second-order valence-electron chi connectivity index (χ2n) is 4.30. The van der Waals surface area contributed by atoms with Crippen molar-refractivity contribution in [2.45, 2.75) is 12.5 Å². The van der Waals surface area contributed by atoms with Crippen molar-refractivity contribution in [3.8, 4) is 5.75 Å². The van der Waals surface area contributed by atoms with Gasteiger partial charge in [0.25, 0.3) is 0 Å². The molecular weight excluding hydrogens is 250 g/mol. The van der Waals surface area contributed by atoms with Gasteiger partial charge in [0.15, 0.2) is 5.22 Å². The van der Waals surface area contributed by atoms with Crippen LogP contribution in [0.15, 0.2) is 34.7 Å². The van der Waals surface area contributed by atoms with Gasteiger partial charge in [0.05, 0.1) is 12.6 Å². The average Bonchev–Trinajstić information content (AvgIpc) is 2.99. The van der Waals surface area contributed by atoms with Gasteiger partial charge in [-0.05, 0) is 36.3 Å². The molecule has 1 atom stereocenters. The molecule has 0 spiro atoms. The maximum absolute atomic E-state index is 5.84. The molecule has 0 amide bonds. The van der Waals surface area contributed by atoms with Crippen molar-refractivity contribution < 1.29 is 9.15 Å². The highest BCUT2D eigenvalue weighted by atomic mass is 35.5. The van der Waals surface area contributed by atoms with Crippen molar-refractivity contribution in [1.82, 2.24) is 5.32 Å². The van der Waals surface area contributed by atoms with Crippen LogP contribution in [0.2, 0.25) is 5.22 Å². The second kappa shape index (κ2) is 4.67. The van der Waals surface area contributed by atoms with Crippen LogP contribution in [0, 0.1) is 0 Å². The highest BCUT2D eigenvalue weighted by Crippen LogP contribution is 2.36. The number of fused-ring (bicyclic) bond motifs is 1. The zero-order valence-electron chi connectivity index (χ0n) is 10.1. The summed E-state index contributed by atoms with van der Waals surface area (Å²) >= 11 is 5.84. The number of benzene rings is 1. The topological polar surface area (TPSA) is 34.4 Å². The Bertz CT molecular complexity index is 565. The molecular formula is C14H14ClNO2. The second-order valence-corrected chi connectivity index (χ2v) is 4.67. The summed E-state index contributed by atoms with van der Waals surface area (Å²) in [5.74, 6) is 1.77. The first-order chi connectivity index (χ1) is 8.79. The number of furan rings is 1. The van der Waals surface area contributed by atoms with Gasteiger partial charge in [-0.25, -0.2) is 0 Å². The lowest BCUT2D eigenvalue weighted by molar-refractivity contribution is 0.348. The molecule has 3 rings (SSSR count). The fraction of sp³-hybridized carbons (Fsp3) is 0.286. The molecule has 3 nitrogen and oxygen atoms in total. The Hall–Kier alpha value is -1.45. The number of hydrogen-bond acceptors (Lipinski definition) is 3. The number of rotatable bonds is 3. The van der Waals surface area contributed by atoms with Gasteiger partial charge in [-0.15, -0.1) is 0 Å². The average molecular weight is 264 g/mol. The molecule has 1 aliphatic rings. The molecule has 1 N–H and O–H groups in total. The van der Waals surface area contributed by atoms with Crippen LogP contribution in [0.5, 0.6) is 5.75 Å². The predicted molar refractivity (Wildman–Crippen MR) is 70.3 cm³/mol. The minimum absolute atomic E-state index is 0.0365. The first kappa shape index (κ1) is 11.6. The molecule has 0 saturated heterocycles. The van der Waals surface area contributed by atoms with E-state index in [1.54, 1.807) is 6.07 Å². The summed E-state index contributed by atoms with van der Waals surface area (Å²) in [6.45, 7) is 0.752. The Morgan fingerprint density at radius 1 is 1.28 bits per heavy atom. The van der Waals surface area contributed by atoms with E-state index in [-0.39, 0.29) is 6.04 Å². The summed E-state index contributed by atoms with van der Waals surface area (Å²) < 4.78 is 11.2. The summed E-state index contributed by atoms with van der Waals surface area (Å²) in [6.07, 6.45) is 0.971. The van der Waals surface area contributed by atoms with E-state index in [0.717, 1.165) is 30.1 Å². The van der Waals surface area contributed by atoms with Crippen molar-refractivity contribution in [3.05, 3.63) is 52.4 Å². The van der Waals surface area contributed by atoms with Crippen LogP contribution in [0.1, 0.15) is 22.9 Å². The van der Waals surface area contributed by atoms with Gasteiger partial charge in [-0.1, -0.05) is 18.2 Å². The minimum atomic E-state index is -0.0365. The van der Waals surface area contributed by atoms with Gasteiger partial charge >= 0.3 is 0 Å². The maximum atomic E-state index is 5.84. The monoisotopic (exact) mass is 263 g/mol. The highest BCUT2D eigenvalue weighted by Gasteiger charge is 2.24. The van der Waals surface area contributed by atoms with E-state index >= 15 is 0 Å². The zero-order chi connectivity index (χ0) is 12.5. The molecule has 2 heterocycles. The maximum Gasteiger partial charge on any atom is 0.193 e. The van der Waals surface area contributed by atoms with Crippen LogP contribution in [0.4, 0.5) is 0 Å². The molecule has 1 unspecified atom stereocenters. The Labute approximate surface area is 111 Å². The van der Waals surface area contributed by atoms with E-state index < -0.39 is 0 Å². The molecule has 1 aliphatic heterocycles. The molecule has 2 aromatic rings. The van der Waals surface area contributed by atoms with Gasteiger partial charge in [-0.3, -0.25) is 0 Å². The highest BCUT2D eigenvalue weighted by molar-refractivity contribution is 6.28. The van der Waals surface area contributed by atoms with Crippen molar-refractivity contribution in [1.29, 1.82) is 0 Å². The Kier molecular flexibility index (Phi) is 3.02. The molecule has 1 aromatic heterocycles. The smallest absolute Gasteiger partial charge is 0.193 e. The summed E-state index contributed by atoms with van der Waals surface area (Å²) in [5.41, 5.74) is 2.35. The Morgan fingerprint density at radius 3 is 2.89 bits per heavy atom. The summed E-state index contributed by atoms with van der Waals surface area (Å²) in [4.78, 5) is 0. The van der Waals surface area contributed by atoms with Crippen LogP contribution in [0.3, 0.4) is 0 Å². The predicted octanol–water partition coefficient (Wildman–Crippen LogP) is 3.18. The van der Waals surface area contributed by atoms with Gasteiger partial charge in [0.2, 0.25) is 0 Å². The molecule has 0 radical (unpaired) electrons. The van der Waals surface area contributed by atoms with Crippen LogP contribution in [0.25, 0.3) is 0 Å². The van der Waals surface area contributed by atoms with E-state index in [9.17, 15) is 0 Å². The molecule has 0 bridgehead atoms. The fourth-order valence-electron chi connectivity index (χ4n) is 2.40. The lowest BCUT2D eigenvalue weighted by Gasteiger charge is -2.17. The van der Waals surface area contributed by atoms with Crippen LogP contribution >= 0.6 is 11.6 Å². The Balaban J connectivity index is 2.05. The fourth-order valence-corrected chi connectivity index (χ4v) is 2.55. The molecule has 94 valence electrons. The van der Waals surface area contributed by atoms with E-state index in [0.29, 0.717) is 5.22 Å². The first-order valence-electron chi connectivity index (χ1n) is 5.96. The lowest BCUT2D eigenvalue weighted by Crippen LogP contribution is -2.17. The number of halogens is 1. The number of nitrogens with one attached hydrogen (secondary N) is 1. The minimum Gasteiger partial charge on any atom is -0.493 e. The van der Waals surface area contributed by atoms with Gasteiger partial charge in [-0.2, -0.15) is 0 Å². The van der Waals surface area contributed by atoms with Crippen LogP contribution in [-0.2, 0) is 6.42 Å². The normalized spacial score (nSPS) is 15.2. The van der Waals surface area contributed by atoms with E-state index in [1.807, 2.05) is 13.1 Å². The van der Waals surface area contributed by atoms with Crippen LogP contribution in [-0.4, -0.2) is 13.7 Å². The van der Waals surface area contributed by atoms with E-state index in [2.05, 4.69) is 23.5 Å². The lowest BCUT2D eigenvalue weighted by atomic mass is 10.0. The number of hydrogen-bond donors (Lipinski definition) is 1.